The van der Waals surface area contributed by atoms with Gasteiger partial charge in [-0.3, -0.25) is 24.0 Å². The second-order valence-corrected chi connectivity index (χ2v) is 13.2. The first kappa shape index (κ1) is 38.8. The molecule has 44 heavy (non-hydrogen) atoms. The molecule has 1 saturated heterocycles. The minimum Gasteiger partial charge on any atom is -0.464 e. The molecule has 0 radical (unpaired) electrons. The van der Waals surface area contributed by atoms with Crippen molar-refractivity contribution in [1.82, 2.24) is 20.9 Å². The maximum Gasteiger partial charge on any atom is 0.325 e. The van der Waals surface area contributed by atoms with Crippen LogP contribution in [-0.4, -0.2) is 78.2 Å². The molecule has 3 aliphatic rings. The summed E-state index contributed by atoms with van der Waals surface area (Å²) in [7, 11) is 0. The maximum atomic E-state index is 13.6. The van der Waals surface area contributed by atoms with Gasteiger partial charge in [0, 0.05) is 6.54 Å². The average molecular weight is 624 g/mol. The largest absolute Gasteiger partial charge is 0.464 e. The fourth-order valence-corrected chi connectivity index (χ4v) is 4.73. The summed E-state index contributed by atoms with van der Waals surface area (Å²) < 4.78 is 5.10. The van der Waals surface area contributed by atoms with E-state index in [1.54, 1.807) is 20.8 Å². The van der Waals surface area contributed by atoms with E-state index in [0.717, 1.165) is 32.1 Å². The number of amides is 5. The number of nitrogens with two attached hydrogens (primary N) is 1. The van der Waals surface area contributed by atoms with Gasteiger partial charge < -0.3 is 31.3 Å². The molecule has 3 rings (SSSR count). The molecular formula is C32H57N5O7. The predicted molar refractivity (Wildman–Crippen MR) is 168 cm³/mol. The van der Waals surface area contributed by atoms with Crippen LogP contribution < -0.4 is 21.7 Å². The monoisotopic (exact) mass is 623 g/mol. The molecule has 1 aliphatic heterocycles. The van der Waals surface area contributed by atoms with Crippen molar-refractivity contribution in [2.45, 2.75) is 131 Å². The number of carbonyl (C=O) groups excluding carboxylic acids is 6. The second kappa shape index (κ2) is 19.3. The summed E-state index contributed by atoms with van der Waals surface area (Å²) in [5.41, 5.74) is 4.50. The van der Waals surface area contributed by atoms with Crippen LogP contribution in [0.1, 0.15) is 113 Å². The number of rotatable bonds is 12. The van der Waals surface area contributed by atoms with Gasteiger partial charge >= 0.3 is 12.0 Å². The van der Waals surface area contributed by atoms with E-state index in [4.69, 9.17) is 10.5 Å². The van der Waals surface area contributed by atoms with E-state index < -0.39 is 59.0 Å². The summed E-state index contributed by atoms with van der Waals surface area (Å²) in [5, 5.41) is 7.74. The number of hydrogen-bond donors (Lipinski definition) is 4. The van der Waals surface area contributed by atoms with Crippen molar-refractivity contribution in [1.29, 1.82) is 0 Å². The molecule has 2 aliphatic carbocycles. The summed E-state index contributed by atoms with van der Waals surface area (Å²) in [6.07, 6.45) is 8.74. The van der Waals surface area contributed by atoms with Gasteiger partial charge in [0.2, 0.25) is 17.6 Å². The van der Waals surface area contributed by atoms with Crippen LogP contribution in [-0.2, 0) is 28.7 Å². The van der Waals surface area contributed by atoms with Gasteiger partial charge in [0.15, 0.2) is 0 Å². The van der Waals surface area contributed by atoms with Gasteiger partial charge in [-0.25, -0.2) is 4.79 Å². The number of Topliss-reactive ketones (excluding diaryl/α,β-unsaturated/α-hetero) is 1. The van der Waals surface area contributed by atoms with Gasteiger partial charge in [0.1, 0.15) is 18.6 Å². The lowest BCUT2D eigenvalue weighted by atomic mass is 9.80. The highest BCUT2D eigenvalue weighted by Gasteiger charge is 2.43. The Labute approximate surface area is 263 Å². The highest BCUT2D eigenvalue weighted by atomic mass is 16.5. The number of ether oxygens (including phenoxy) is 1. The molecule has 252 valence electrons. The first-order valence-electron chi connectivity index (χ1n) is 16.3. The molecule has 2 saturated carbocycles. The summed E-state index contributed by atoms with van der Waals surface area (Å²) in [5.74, 6) is -2.82. The molecule has 12 heteroatoms. The molecule has 3 fully saturated rings. The minimum absolute atomic E-state index is 0.240. The van der Waals surface area contributed by atoms with Crippen molar-refractivity contribution in [2.24, 2.45) is 23.0 Å². The predicted octanol–water partition coefficient (Wildman–Crippen LogP) is 3.21. The second-order valence-electron chi connectivity index (χ2n) is 13.2. The molecule has 5 amide bonds. The SMILES string of the molecule is CC(C)(C)C(NC(=O)NCC(=O)OCC1CC1)C(=O)N1CCCC1C(=O)NC(CC1CCC1)C(=O)C(N)=O.CCC.CCC. The topological polar surface area (TPSA) is 177 Å². The molecule has 0 bridgehead atoms. The zero-order chi connectivity index (χ0) is 33.4. The Morgan fingerprint density at radius 1 is 0.864 bits per heavy atom. The third-order valence-corrected chi connectivity index (χ3v) is 7.47. The maximum absolute atomic E-state index is 13.6. The molecule has 0 spiro atoms. The quantitative estimate of drug-likeness (QED) is 0.190. The first-order valence-corrected chi connectivity index (χ1v) is 16.3. The molecule has 12 nitrogen and oxygen atoms in total. The molecule has 3 unspecified atom stereocenters. The van der Waals surface area contributed by atoms with Crippen LogP contribution in [0.15, 0.2) is 0 Å². The lowest BCUT2D eigenvalue weighted by molar-refractivity contribution is -0.143. The van der Waals surface area contributed by atoms with E-state index in [2.05, 4.69) is 43.6 Å². The van der Waals surface area contributed by atoms with Crippen LogP contribution in [0, 0.1) is 17.3 Å². The minimum atomic E-state index is -1.10. The lowest BCUT2D eigenvalue weighted by Crippen LogP contribution is -2.60. The summed E-state index contributed by atoms with van der Waals surface area (Å²) in [6, 6.07) is -3.56. The molecule has 5 N–H and O–H groups in total. The van der Waals surface area contributed by atoms with Crippen molar-refractivity contribution in [3.63, 3.8) is 0 Å². The van der Waals surface area contributed by atoms with Crippen molar-refractivity contribution >= 4 is 35.5 Å². The van der Waals surface area contributed by atoms with Crippen molar-refractivity contribution < 1.29 is 33.5 Å². The highest BCUT2D eigenvalue weighted by Crippen LogP contribution is 2.31. The molecule has 0 aromatic rings. The number of carbonyl (C=O) groups is 6. The Balaban J connectivity index is 0.00000149. The average Bonchev–Trinajstić information content (AvgIpc) is 3.62. The lowest BCUT2D eigenvalue weighted by Gasteiger charge is -2.36. The van der Waals surface area contributed by atoms with E-state index in [1.165, 1.54) is 17.7 Å². The third-order valence-electron chi connectivity index (χ3n) is 7.47. The number of esters is 1. The number of primary amides is 1. The zero-order valence-electron chi connectivity index (χ0n) is 28.0. The number of likely N-dealkylation sites (tertiary alicyclic amines) is 1. The fourth-order valence-electron chi connectivity index (χ4n) is 4.73. The first-order chi connectivity index (χ1) is 20.7. The van der Waals surface area contributed by atoms with Crippen LogP contribution in [0.4, 0.5) is 4.79 Å². The summed E-state index contributed by atoms with van der Waals surface area (Å²) in [6.45, 7) is 14.2. The smallest absolute Gasteiger partial charge is 0.325 e. The van der Waals surface area contributed by atoms with Gasteiger partial charge in [-0.05, 0) is 49.4 Å². The van der Waals surface area contributed by atoms with Gasteiger partial charge in [-0.15, -0.1) is 0 Å². The van der Waals surface area contributed by atoms with Crippen LogP contribution >= 0.6 is 0 Å². The number of urea groups is 1. The number of nitrogens with one attached hydrogen (secondary N) is 3. The molecule has 1 heterocycles. The Kier molecular flexibility index (Phi) is 17.0. The summed E-state index contributed by atoms with van der Waals surface area (Å²) >= 11 is 0. The van der Waals surface area contributed by atoms with Crippen LogP contribution in [0.5, 0.6) is 0 Å². The van der Waals surface area contributed by atoms with Crippen molar-refractivity contribution in [3.05, 3.63) is 0 Å². The molecule has 3 atom stereocenters. The molecular weight excluding hydrogens is 566 g/mol. The number of nitrogens with zero attached hydrogens (tertiary/aromatic N) is 1. The van der Waals surface area contributed by atoms with Gasteiger partial charge in [-0.1, -0.05) is 80.6 Å². The van der Waals surface area contributed by atoms with Gasteiger partial charge in [0.25, 0.3) is 5.91 Å². The highest BCUT2D eigenvalue weighted by molar-refractivity contribution is 6.37. The zero-order valence-corrected chi connectivity index (χ0v) is 28.0. The van der Waals surface area contributed by atoms with Gasteiger partial charge in [-0.2, -0.15) is 0 Å². The Hall–Kier alpha value is -3.18. The molecule has 0 aromatic carbocycles. The summed E-state index contributed by atoms with van der Waals surface area (Å²) in [4.78, 5) is 76.5. The third kappa shape index (κ3) is 13.6. The Morgan fingerprint density at radius 2 is 1.45 bits per heavy atom. The van der Waals surface area contributed by atoms with E-state index in [-0.39, 0.29) is 12.5 Å². The fraction of sp³-hybridized carbons (Fsp3) is 0.812. The van der Waals surface area contributed by atoms with Crippen LogP contribution in [0.3, 0.4) is 0 Å². The van der Waals surface area contributed by atoms with Crippen molar-refractivity contribution in [3.8, 4) is 0 Å². The van der Waals surface area contributed by atoms with Gasteiger partial charge in [0.05, 0.1) is 12.6 Å². The standard InChI is InChI=1S/C26H41N5O7.2C3H8/c1-26(2,3)21(30-25(37)28-13-19(32)38-14-16-9-10-16)24(36)31-11-5-8-18(31)23(35)29-17(20(33)22(27)34)12-15-6-4-7-15;2*1-3-2/h15-18,21H,4-14H2,1-3H3,(H2,27,34)(H,29,35)(H2,28,30,37);2*3H2,1-2H3. The van der Waals surface area contributed by atoms with E-state index >= 15 is 0 Å². The van der Waals surface area contributed by atoms with Crippen LogP contribution in [0.25, 0.3) is 0 Å². The van der Waals surface area contributed by atoms with E-state index in [1.807, 2.05) is 0 Å². The number of hydrogen-bond acceptors (Lipinski definition) is 7. The van der Waals surface area contributed by atoms with E-state index in [0.29, 0.717) is 38.3 Å². The Morgan fingerprint density at radius 3 is 1.93 bits per heavy atom. The number of ketones is 1. The molecule has 0 aromatic heterocycles. The Bertz CT molecular complexity index is 971. The normalized spacial score (nSPS) is 19.0. The van der Waals surface area contributed by atoms with Crippen molar-refractivity contribution in [2.75, 3.05) is 19.7 Å². The van der Waals surface area contributed by atoms with E-state index in [9.17, 15) is 28.8 Å². The van der Waals surface area contributed by atoms with Crippen LogP contribution in [0.2, 0.25) is 0 Å².